The fraction of sp³-hybridized carbons (Fsp3) is 0.333. The molecule has 6 heteroatoms. The molecule has 0 aliphatic rings. The largest absolute Gasteiger partial charge is 0.493 e. The van der Waals surface area contributed by atoms with Crippen LogP contribution >= 0.6 is 0 Å². The highest BCUT2D eigenvalue weighted by Gasteiger charge is 2.18. The maximum Gasteiger partial charge on any atom is 0.181 e. The average Bonchev–Trinajstić information content (AvgIpc) is 3.16. The number of benzene rings is 2. The highest BCUT2D eigenvalue weighted by atomic mass is 16.5. The number of methoxy groups -OCH3 is 2. The lowest BCUT2D eigenvalue weighted by Crippen LogP contribution is -2.14. The van der Waals surface area contributed by atoms with Gasteiger partial charge in [0, 0.05) is 5.56 Å². The zero-order chi connectivity index (χ0) is 19.6. The second-order valence-corrected chi connectivity index (χ2v) is 7.46. The first-order valence-corrected chi connectivity index (χ1v) is 8.84. The van der Waals surface area contributed by atoms with Gasteiger partial charge in [0.1, 0.15) is 5.82 Å². The van der Waals surface area contributed by atoms with Gasteiger partial charge in [0.05, 0.1) is 20.3 Å². The first-order valence-electron chi connectivity index (χ1n) is 8.84. The summed E-state index contributed by atoms with van der Waals surface area (Å²) >= 11 is 0. The number of hydrogen-bond acceptors (Lipinski definition) is 5. The average molecular weight is 366 g/mol. The van der Waals surface area contributed by atoms with Crippen LogP contribution in [0.15, 0.2) is 42.5 Å². The summed E-state index contributed by atoms with van der Waals surface area (Å²) in [6.07, 6.45) is 0. The summed E-state index contributed by atoms with van der Waals surface area (Å²) in [4.78, 5) is 4.58. The number of aromatic amines is 1. The van der Waals surface area contributed by atoms with E-state index in [4.69, 9.17) is 15.2 Å². The Hall–Kier alpha value is -2.86. The van der Waals surface area contributed by atoms with Crippen molar-refractivity contribution in [3.8, 4) is 22.9 Å². The monoisotopic (exact) mass is 366 g/mol. The van der Waals surface area contributed by atoms with Crippen molar-refractivity contribution in [3.05, 3.63) is 59.4 Å². The molecule has 6 nitrogen and oxygen atoms in total. The van der Waals surface area contributed by atoms with E-state index in [0.29, 0.717) is 23.1 Å². The van der Waals surface area contributed by atoms with Crippen LogP contribution in [0, 0.1) is 0 Å². The highest BCUT2D eigenvalue weighted by Crippen LogP contribution is 2.31. The lowest BCUT2D eigenvalue weighted by atomic mass is 9.87. The standard InChI is InChI=1S/C21H26N4O2/c1-21(2,3)15-9-6-13(7-10-15)19-23-20(25-24-19)18(22)14-8-11-16(26-4)17(12-14)27-5/h6-12,18H,22H2,1-5H3,(H,23,24,25)/t18-/m1/s1. The summed E-state index contributed by atoms with van der Waals surface area (Å²) < 4.78 is 10.6. The van der Waals surface area contributed by atoms with Crippen molar-refractivity contribution >= 4 is 0 Å². The summed E-state index contributed by atoms with van der Waals surface area (Å²) in [7, 11) is 3.20. The fourth-order valence-corrected chi connectivity index (χ4v) is 2.87. The van der Waals surface area contributed by atoms with E-state index in [0.717, 1.165) is 11.1 Å². The predicted molar refractivity (Wildman–Crippen MR) is 106 cm³/mol. The van der Waals surface area contributed by atoms with Gasteiger partial charge in [-0.05, 0) is 28.7 Å². The van der Waals surface area contributed by atoms with Gasteiger partial charge in [-0.3, -0.25) is 5.10 Å². The van der Waals surface area contributed by atoms with Crippen LogP contribution in [0.5, 0.6) is 11.5 Å². The van der Waals surface area contributed by atoms with Gasteiger partial charge in [0.15, 0.2) is 17.3 Å². The van der Waals surface area contributed by atoms with Crippen LogP contribution in [-0.4, -0.2) is 29.4 Å². The molecule has 142 valence electrons. The van der Waals surface area contributed by atoms with Gasteiger partial charge in [0.2, 0.25) is 0 Å². The van der Waals surface area contributed by atoms with Crippen molar-refractivity contribution in [3.63, 3.8) is 0 Å². The Balaban J connectivity index is 1.85. The van der Waals surface area contributed by atoms with Crippen molar-refractivity contribution < 1.29 is 9.47 Å². The number of H-pyrrole nitrogens is 1. The first kappa shape index (κ1) is 18.9. The molecule has 0 fully saturated rings. The quantitative estimate of drug-likeness (QED) is 0.717. The molecule has 1 aromatic heterocycles. The van der Waals surface area contributed by atoms with Crippen LogP contribution in [0.2, 0.25) is 0 Å². The zero-order valence-electron chi connectivity index (χ0n) is 16.4. The van der Waals surface area contributed by atoms with Crippen molar-refractivity contribution in [2.75, 3.05) is 14.2 Å². The molecule has 0 aliphatic heterocycles. The molecule has 27 heavy (non-hydrogen) atoms. The second kappa shape index (κ2) is 7.40. The van der Waals surface area contributed by atoms with E-state index >= 15 is 0 Å². The minimum atomic E-state index is -0.445. The van der Waals surface area contributed by atoms with E-state index in [2.05, 4.69) is 48.1 Å². The lowest BCUT2D eigenvalue weighted by Gasteiger charge is -2.18. The first-order chi connectivity index (χ1) is 12.8. The van der Waals surface area contributed by atoms with E-state index in [1.165, 1.54) is 5.56 Å². The van der Waals surface area contributed by atoms with Crippen molar-refractivity contribution in [1.29, 1.82) is 0 Å². The minimum Gasteiger partial charge on any atom is -0.493 e. The Labute approximate surface area is 159 Å². The van der Waals surface area contributed by atoms with E-state index in [-0.39, 0.29) is 5.41 Å². The normalized spacial score (nSPS) is 12.7. The minimum absolute atomic E-state index is 0.110. The van der Waals surface area contributed by atoms with Gasteiger partial charge in [0.25, 0.3) is 0 Å². The molecule has 3 N–H and O–H groups in total. The van der Waals surface area contributed by atoms with Crippen LogP contribution in [0.1, 0.15) is 43.8 Å². The van der Waals surface area contributed by atoms with E-state index in [1.807, 2.05) is 30.3 Å². The predicted octanol–water partition coefficient (Wildman–Crippen LogP) is 3.83. The molecule has 0 radical (unpaired) electrons. The van der Waals surface area contributed by atoms with Crippen molar-refractivity contribution in [2.24, 2.45) is 5.73 Å². The Morgan fingerprint density at radius 1 is 0.963 bits per heavy atom. The second-order valence-electron chi connectivity index (χ2n) is 7.46. The summed E-state index contributed by atoms with van der Waals surface area (Å²) in [6.45, 7) is 6.57. The van der Waals surface area contributed by atoms with E-state index < -0.39 is 6.04 Å². The van der Waals surface area contributed by atoms with Crippen LogP contribution in [0.4, 0.5) is 0 Å². The van der Waals surface area contributed by atoms with Crippen LogP contribution in [-0.2, 0) is 5.41 Å². The SMILES string of the molecule is COc1ccc([C@@H](N)c2nc(-c3ccc(C(C)(C)C)cc3)n[nH]2)cc1OC. The smallest absolute Gasteiger partial charge is 0.181 e. The summed E-state index contributed by atoms with van der Waals surface area (Å²) in [5.74, 6) is 2.51. The molecule has 1 atom stereocenters. The molecule has 0 amide bonds. The molecule has 0 unspecified atom stereocenters. The molecule has 1 heterocycles. The van der Waals surface area contributed by atoms with Gasteiger partial charge in [-0.2, -0.15) is 5.10 Å². The Bertz CT molecular complexity index is 911. The molecule has 2 aromatic carbocycles. The number of nitrogens with one attached hydrogen (secondary N) is 1. The molecule has 0 bridgehead atoms. The summed E-state index contributed by atoms with van der Waals surface area (Å²) in [5, 5.41) is 7.28. The van der Waals surface area contributed by atoms with E-state index in [9.17, 15) is 0 Å². The van der Waals surface area contributed by atoms with Crippen LogP contribution < -0.4 is 15.2 Å². The van der Waals surface area contributed by atoms with Crippen molar-refractivity contribution in [2.45, 2.75) is 32.2 Å². The maximum atomic E-state index is 6.37. The Morgan fingerprint density at radius 2 is 1.63 bits per heavy atom. The number of ether oxygens (including phenoxy) is 2. The lowest BCUT2D eigenvalue weighted by molar-refractivity contribution is 0.354. The maximum absolute atomic E-state index is 6.37. The zero-order valence-corrected chi connectivity index (χ0v) is 16.4. The number of nitrogens with two attached hydrogens (primary N) is 1. The van der Waals surface area contributed by atoms with Gasteiger partial charge in [-0.1, -0.05) is 51.1 Å². The molecular formula is C21H26N4O2. The third-order valence-electron chi connectivity index (χ3n) is 4.57. The van der Waals surface area contributed by atoms with Gasteiger partial charge in [-0.15, -0.1) is 0 Å². The number of hydrogen-bond donors (Lipinski definition) is 2. The summed E-state index contributed by atoms with van der Waals surface area (Å²) in [5.41, 5.74) is 9.56. The number of aromatic nitrogens is 3. The molecule has 0 aliphatic carbocycles. The molecule has 0 saturated heterocycles. The van der Waals surface area contributed by atoms with Crippen LogP contribution in [0.3, 0.4) is 0 Å². The molecular weight excluding hydrogens is 340 g/mol. The number of nitrogens with zero attached hydrogens (tertiary/aromatic N) is 2. The third kappa shape index (κ3) is 3.95. The molecule has 0 spiro atoms. The fourth-order valence-electron chi connectivity index (χ4n) is 2.87. The van der Waals surface area contributed by atoms with Gasteiger partial charge in [-0.25, -0.2) is 4.98 Å². The molecule has 0 saturated carbocycles. The Kier molecular flexibility index (Phi) is 5.19. The van der Waals surface area contributed by atoms with Crippen molar-refractivity contribution in [1.82, 2.24) is 15.2 Å². The number of rotatable bonds is 5. The topological polar surface area (TPSA) is 86.0 Å². The van der Waals surface area contributed by atoms with Gasteiger partial charge >= 0.3 is 0 Å². The Morgan fingerprint density at radius 3 is 2.22 bits per heavy atom. The molecule has 3 aromatic rings. The van der Waals surface area contributed by atoms with Crippen LogP contribution in [0.25, 0.3) is 11.4 Å². The highest BCUT2D eigenvalue weighted by molar-refractivity contribution is 5.55. The van der Waals surface area contributed by atoms with Gasteiger partial charge < -0.3 is 15.2 Å². The summed E-state index contributed by atoms with van der Waals surface area (Å²) in [6, 6.07) is 13.4. The van der Waals surface area contributed by atoms with E-state index in [1.54, 1.807) is 14.2 Å². The molecule has 3 rings (SSSR count). The third-order valence-corrected chi connectivity index (χ3v) is 4.57.